The number of nitrogens with two attached hydrogens (primary N) is 1. The zero-order chi connectivity index (χ0) is 14.7. The highest BCUT2D eigenvalue weighted by molar-refractivity contribution is 9.10. The van der Waals surface area contributed by atoms with Gasteiger partial charge in [-0.25, -0.2) is 0 Å². The highest BCUT2D eigenvalue weighted by atomic mass is 79.9. The Labute approximate surface area is 128 Å². The average molecular weight is 340 g/mol. The van der Waals surface area contributed by atoms with Gasteiger partial charge < -0.3 is 11.1 Å². The smallest absolute Gasteiger partial charge is 0.237 e. The van der Waals surface area contributed by atoms with Crippen molar-refractivity contribution >= 4 is 21.8 Å². The second-order valence-corrected chi connectivity index (χ2v) is 6.10. The third-order valence-electron chi connectivity index (χ3n) is 4.00. The van der Waals surface area contributed by atoms with Crippen molar-refractivity contribution in [1.82, 2.24) is 10.2 Å². The minimum atomic E-state index is -0.154. The monoisotopic (exact) mass is 339 g/mol. The second kappa shape index (κ2) is 6.70. The molecule has 1 aliphatic heterocycles. The molecular formula is C15H22BrN3O. The summed E-state index contributed by atoms with van der Waals surface area (Å²) in [5.74, 6) is 0.0802. The van der Waals surface area contributed by atoms with Crippen LogP contribution >= 0.6 is 15.9 Å². The van der Waals surface area contributed by atoms with E-state index in [1.54, 1.807) is 0 Å². The van der Waals surface area contributed by atoms with Gasteiger partial charge in [-0.05, 0) is 25.0 Å². The zero-order valence-corrected chi connectivity index (χ0v) is 13.6. The number of nitrogens with one attached hydrogen (secondary N) is 1. The summed E-state index contributed by atoms with van der Waals surface area (Å²) in [4.78, 5) is 14.1. The zero-order valence-electron chi connectivity index (χ0n) is 12.0. The lowest BCUT2D eigenvalue weighted by Crippen LogP contribution is -2.57. The van der Waals surface area contributed by atoms with Gasteiger partial charge in [-0.2, -0.15) is 0 Å². The lowest BCUT2D eigenvalue weighted by Gasteiger charge is -2.41. The van der Waals surface area contributed by atoms with Gasteiger partial charge in [0.1, 0.15) is 0 Å². The predicted octanol–water partition coefficient (Wildman–Crippen LogP) is 2.05. The third-order valence-corrected chi connectivity index (χ3v) is 4.73. The van der Waals surface area contributed by atoms with Crippen molar-refractivity contribution < 1.29 is 4.79 Å². The van der Waals surface area contributed by atoms with Crippen LogP contribution in [0.4, 0.5) is 0 Å². The van der Waals surface area contributed by atoms with E-state index in [-0.39, 0.29) is 24.0 Å². The second-order valence-electron chi connectivity index (χ2n) is 5.24. The van der Waals surface area contributed by atoms with E-state index in [0.29, 0.717) is 6.54 Å². The molecule has 0 aromatic heterocycles. The molecule has 0 radical (unpaired) electrons. The van der Waals surface area contributed by atoms with Gasteiger partial charge in [0.2, 0.25) is 5.91 Å². The van der Waals surface area contributed by atoms with Gasteiger partial charge in [0, 0.05) is 23.6 Å². The Morgan fingerprint density at radius 3 is 2.85 bits per heavy atom. The molecule has 1 amide bonds. The molecule has 3 atom stereocenters. The number of amides is 1. The Hall–Kier alpha value is -0.910. The lowest BCUT2D eigenvalue weighted by molar-refractivity contribution is -0.129. The number of hydrogen-bond acceptors (Lipinski definition) is 3. The van der Waals surface area contributed by atoms with Crippen molar-refractivity contribution in [3.05, 3.63) is 34.3 Å². The van der Waals surface area contributed by atoms with Crippen LogP contribution in [-0.2, 0) is 4.79 Å². The van der Waals surface area contributed by atoms with Crippen molar-refractivity contribution in [3.63, 3.8) is 0 Å². The average Bonchev–Trinajstić information content (AvgIpc) is 2.45. The molecular weight excluding hydrogens is 318 g/mol. The summed E-state index contributed by atoms with van der Waals surface area (Å²) in [6, 6.07) is 8.03. The largest absolute Gasteiger partial charge is 0.353 e. The van der Waals surface area contributed by atoms with Gasteiger partial charge in [0.05, 0.1) is 12.1 Å². The van der Waals surface area contributed by atoms with E-state index in [1.807, 2.05) is 25.1 Å². The molecule has 1 heterocycles. The van der Waals surface area contributed by atoms with Crippen LogP contribution in [0.15, 0.2) is 28.7 Å². The standard InChI is InChI=1S/C15H22BrN3O/c1-3-13(17)14(11-6-4-5-7-12(11)16)19-9-8-18-15(20)10(19)2/h4-7,10,13-14H,3,8-9,17H2,1-2H3,(H,18,20). The fourth-order valence-corrected chi connectivity index (χ4v) is 3.29. The van der Waals surface area contributed by atoms with Gasteiger partial charge >= 0.3 is 0 Å². The number of piperazine rings is 1. The molecule has 1 aromatic rings. The third kappa shape index (κ3) is 3.05. The molecule has 4 nitrogen and oxygen atoms in total. The Morgan fingerprint density at radius 2 is 2.20 bits per heavy atom. The highest BCUT2D eigenvalue weighted by Gasteiger charge is 2.35. The summed E-state index contributed by atoms with van der Waals surface area (Å²) >= 11 is 3.61. The number of hydrogen-bond donors (Lipinski definition) is 2. The summed E-state index contributed by atoms with van der Waals surface area (Å²) in [5.41, 5.74) is 7.52. The number of benzene rings is 1. The van der Waals surface area contributed by atoms with E-state index in [2.05, 4.69) is 39.1 Å². The number of carbonyl (C=O) groups is 1. The minimum Gasteiger partial charge on any atom is -0.353 e. The van der Waals surface area contributed by atoms with Crippen LogP contribution < -0.4 is 11.1 Å². The van der Waals surface area contributed by atoms with Crippen LogP contribution in [-0.4, -0.2) is 36.0 Å². The first-order valence-electron chi connectivity index (χ1n) is 7.09. The quantitative estimate of drug-likeness (QED) is 0.882. The van der Waals surface area contributed by atoms with Crippen molar-refractivity contribution in [3.8, 4) is 0 Å². The highest BCUT2D eigenvalue weighted by Crippen LogP contribution is 2.32. The van der Waals surface area contributed by atoms with Crippen LogP contribution in [0.2, 0.25) is 0 Å². The van der Waals surface area contributed by atoms with Gasteiger partial charge in [-0.1, -0.05) is 41.1 Å². The molecule has 3 unspecified atom stereocenters. The van der Waals surface area contributed by atoms with Crippen molar-refractivity contribution in [1.29, 1.82) is 0 Å². The van der Waals surface area contributed by atoms with E-state index in [1.165, 1.54) is 0 Å². The minimum absolute atomic E-state index is 0.00190. The van der Waals surface area contributed by atoms with Crippen LogP contribution in [0.1, 0.15) is 31.9 Å². The first kappa shape index (κ1) is 15.5. The van der Waals surface area contributed by atoms with E-state index >= 15 is 0 Å². The summed E-state index contributed by atoms with van der Waals surface area (Å²) in [7, 11) is 0. The molecule has 2 rings (SSSR count). The van der Waals surface area contributed by atoms with E-state index < -0.39 is 0 Å². The summed E-state index contributed by atoms with van der Waals surface area (Å²) < 4.78 is 1.05. The maximum atomic E-state index is 11.9. The molecule has 0 saturated carbocycles. The topological polar surface area (TPSA) is 58.4 Å². The van der Waals surface area contributed by atoms with Crippen molar-refractivity contribution in [2.24, 2.45) is 5.73 Å². The van der Waals surface area contributed by atoms with Gasteiger partial charge in [0.15, 0.2) is 0 Å². The van der Waals surface area contributed by atoms with Crippen molar-refractivity contribution in [2.75, 3.05) is 13.1 Å². The Morgan fingerprint density at radius 1 is 1.50 bits per heavy atom. The predicted molar refractivity (Wildman–Crippen MR) is 84.3 cm³/mol. The Bertz CT molecular complexity index is 480. The number of rotatable bonds is 4. The number of nitrogens with zero attached hydrogens (tertiary/aromatic N) is 1. The fraction of sp³-hybridized carbons (Fsp3) is 0.533. The molecule has 1 saturated heterocycles. The molecule has 110 valence electrons. The van der Waals surface area contributed by atoms with Crippen LogP contribution in [0, 0.1) is 0 Å². The van der Waals surface area contributed by atoms with Crippen LogP contribution in [0.5, 0.6) is 0 Å². The molecule has 20 heavy (non-hydrogen) atoms. The number of carbonyl (C=O) groups excluding carboxylic acids is 1. The maximum absolute atomic E-state index is 11.9. The molecule has 5 heteroatoms. The molecule has 0 bridgehead atoms. The molecule has 1 aliphatic rings. The lowest BCUT2D eigenvalue weighted by atomic mass is 9.94. The molecule has 3 N–H and O–H groups in total. The number of halogens is 1. The maximum Gasteiger partial charge on any atom is 0.237 e. The molecule has 0 aliphatic carbocycles. The first-order chi connectivity index (χ1) is 9.56. The van der Waals surface area contributed by atoms with Gasteiger partial charge in [-0.3, -0.25) is 9.69 Å². The van der Waals surface area contributed by atoms with Gasteiger partial charge in [-0.15, -0.1) is 0 Å². The summed E-state index contributed by atoms with van der Waals surface area (Å²) in [5, 5.41) is 2.91. The fourth-order valence-electron chi connectivity index (χ4n) is 2.77. The molecule has 1 fully saturated rings. The summed E-state index contributed by atoms with van der Waals surface area (Å²) in [6.07, 6.45) is 0.872. The van der Waals surface area contributed by atoms with Crippen LogP contribution in [0.25, 0.3) is 0 Å². The normalized spacial score (nSPS) is 23.2. The SMILES string of the molecule is CCC(N)C(c1ccccc1Br)N1CCNC(=O)C1C. The molecule has 0 spiro atoms. The Balaban J connectivity index is 2.38. The van der Waals surface area contributed by atoms with Gasteiger partial charge in [0.25, 0.3) is 0 Å². The summed E-state index contributed by atoms with van der Waals surface area (Å²) in [6.45, 7) is 5.54. The van der Waals surface area contributed by atoms with E-state index in [4.69, 9.17) is 5.73 Å². The molecule has 1 aromatic carbocycles. The first-order valence-corrected chi connectivity index (χ1v) is 7.89. The van der Waals surface area contributed by atoms with Crippen LogP contribution in [0.3, 0.4) is 0 Å². The van der Waals surface area contributed by atoms with Crippen molar-refractivity contribution in [2.45, 2.75) is 38.4 Å². The Kier molecular flexibility index (Phi) is 5.18. The van der Waals surface area contributed by atoms with E-state index in [9.17, 15) is 4.79 Å². The van der Waals surface area contributed by atoms with E-state index in [0.717, 1.165) is 23.0 Å².